The highest BCUT2D eigenvalue weighted by Gasteiger charge is 2.14. The number of rotatable bonds is 5. The van der Waals surface area contributed by atoms with Crippen LogP contribution in [0.4, 0.5) is 5.69 Å². The number of benzene rings is 1. The van der Waals surface area contributed by atoms with E-state index in [9.17, 15) is 18.3 Å². The van der Waals surface area contributed by atoms with Gasteiger partial charge in [-0.25, -0.2) is 13.1 Å². The Hall–Kier alpha value is -2.03. The molecule has 0 aliphatic heterocycles. The zero-order chi connectivity index (χ0) is 16.3. The molecule has 118 valence electrons. The number of hydrogen-bond donors (Lipinski definition) is 3. The molecular weight excluding hydrogens is 332 g/mol. The fourth-order valence-electron chi connectivity index (χ4n) is 1.59. The highest BCUT2D eigenvalue weighted by Crippen LogP contribution is 2.27. The SMILES string of the molecule is CS(=O)(=O)NCc1ccc(C(=O)Nc2ccc(Cl)cc2O)o1. The summed E-state index contributed by atoms with van der Waals surface area (Å²) in [5, 5.41) is 12.5. The van der Waals surface area contributed by atoms with Crippen LogP contribution in [0, 0.1) is 0 Å². The van der Waals surface area contributed by atoms with Crippen LogP contribution in [0.1, 0.15) is 16.3 Å². The largest absolute Gasteiger partial charge is 0.506 e. The molecule has 22 heavy (non-hydrogen) atoms. The number of phenols is 1. The molecule has 0 radical (unpaired) electrons. The molecule has 0 aliphatic rings. The second kappa shape index (κ2) is 6.39. The summed E-state index contributed by atoms with van der Waals surface area (Å²) < 4.78 is 29.4. The van der Waals surface area contributed by atoms with E-state index in [4.69, 9.17) is 16.0 Å². The van der Waals surface area contributed by atoms with Crippen LogP contribution < -0.4 is 10.0 Å². The van der Waals surface area contributed by atoms with Crippen LogP contribution in [0.5, 0.6) is 5.75 Å². The van der Waals surface area contributed by atoms with E-state index in [0.717, 1.165) is 6.26 Å². The molecule has 2 aromatic rings. The number of nitrogens with one attached hydrogen (secondary N) is 2. The van der Waals surface area contributed by atoms with Crippen molar-refractivity contribution in [2.75, 3.05) is 11.6 Å². The quantitative estimate of drug-likeness (QED) is 0.718. The van der Waals surface area contributed by atoms with Crippen molar-refractivity contribution in [3.8, 4) is 5.75 Å². The third-order valence-corrected chi connectivity index (χ3v) is 3.51. The Morgan fingerprint density at radius 1 is 1.32 bits per heavy atom. The molecule has 0 aliphatic carbocycles. The fourth-order valence-corrected chi connectivity index (χ4v) is 2.16. The summed E-state index contributed by atoms with van der Waals surface area (Å²) in [5.41, 5.74) is 0.182. The predicted molar refractivity (Wildman–Crippen MR) is 81.5 cm³/mol. The first-order valence-corrected chi connectivity index (χ1v) is 8.35. The Kier molecular flexibility index (Phi) is 4.74. The number of halogens is 1. The summed E-state index contributed by atoms with van der Waals surface area (Å²) in [6.07, 6.45) is 1.02. The second-order valence-electron chi connectivity index (χ2n) is 4.47. The molecule has 0 spiro atoms. The summed E-state index contributed by atoms with van der Waals surface area (Å²) in [5.74, 6) is -0.481. The minimum Gasteiger partial charge on any atom is -0.506 e. The van der Waals surface area contributed by atoms with Crippen LogP contribution in [0.15, 0.2) is 34.7 Å². The van der Waals surface area contributed by atoms with Gasteiger partial charge in [-0.1, -0.05) is 11.6 Å². The molecule has 1 aromatic heterocycles. The van der Waals surface area contributed by atoms with E-state index in [1.165, 1.54) is 30.3 Å². The lowest BCUT2D eigenvalue weighted by atomic mass is 10.3. The average Bonchev–Trinajstić information content (AvgIpc) is 2.88. The molecule has 1 heterocycles. The van der Waals surface area contributed by atoms with Crippen LogP contribution in [-0.2, 0) is 16.6 Å². The maximum Gasteiger partial charge on any atom is 0.291 e. The van der Waals surface area contributed by atoms with E-state index in [1.54, 1.807) is 0 Å². The number of furan rings is 1. The van der Waals surface area contributed by atoms with Crippen LogP contribution in [0.2, 0.25) is 5.02 Å². The van der Waals surface area contributed by atoms with Gasteiger partial charge in [-0.15, -0.1) is 0 Å². The molecule has 1 amide bonds. The van der Waals surface area contributed by atoms with Crippen molar-refractivity contribution in [3.63, 3.8) is 0 Å². The van der Waals surface area contributed by atoms with Crippen molar-refractivity contribution in [1.82, 2.24) is 4.72 Å². The Morgan fingerprint density at radius 3 is 2.68 bits per heavy atom. The van der Waals surface area contributed by atoms with Crippen LogP contribution in [0.25, 0.3) is 0 Å². The first-order chi connectivity index (χ1) is 10.2. The smallest absolute Gasteiger partial charge is 0.291 e. The number of amides is 1. The van der Waals surface area contributed by atoms with Crippen molar-refractivity contribution in [2.24, 2.45) is 0 Å². The van der Waals surface area contributed by atoms with Gasteiger partial charge in [0.25, 0.3) is 5.91 Å². The van der Waals surface area contributed by atoms with E-state index in [-0.39, 0.29) is 29.5 Å². The van der Waals surface area contributed by atoms with Crippen molar-refractivity contribution in [1.29, 1.82) is 0 Å². The zero-order valence-corrected chi connectivity index (χ0v) is 13.0. The normalized spacial score (nSPS) is 11.4. The molecule has 0 fully saturated rings. The number of aromatic hydroxyl groups is 1. The van der Waals surface area contributed by atoms with Crippen molar-refractivity contribution in [2.45, 2.75) is 6.54 Å². The van der Waals surface area contributed by atoms with Crippen molar-refractivity contribution < 1.29 is 22.7 Å². The van der Waals surface area contributed by atoms with Gasteiger partial charge in [0.2, 0.25) is 10.0 Å². The lowest BCUT2D eigenvalue weighted by molar-refractivity contribution is 0.0994. The van der Waals surface area contributed by atoms with Gasteiger partial charge in [0.05, 0.1) is 18.5 Å². The molecule has 0 saturated carbocycles. The lowest BCUT2D eigenvalue weighted by Gasteiger charge is -2.06. The average molecular weight is 345 g/mol. The van der Waals surface area contributed by atoms with Gasteiger partial charge in [0.15, 0.2) is 5.76 Å². The molecule has 7 nitrogen and oxygen atoms in total. The van der Waals surface area contributed by atoms with Crippen LogP contribution >= 0.6 is 11.6 Å². The Labute approximate surface area is 131 Å². The van der Waals surface area contributed by atoms with Gasteiger partial charge in [-0.2, -0.15) is 0 Å². The molecule has 2 rings (SSSR count). The highest BCUT2D eigenvalue weighted by molar-refractivity contribution is 7.88. The van der Waals surface area contributed by atoms with E-state index in [1.807, 2.05) is 0 Å². The van der Waals surface area contributed by atoms with E-state index in [2.05, 4.69) is 10.0 Å². The summed E-state index contributed by atoms with van der Waals surface area (Å²) in [7, 11) is -3.35. The van der Waals surface area contributed by atoms with Gasteiger partial charge in [0, 0.05) is 11.1 Å². The fraction of sp³-hybridized carbons (Fsp3) is 0.154. The molecule has 9 heteroatoms. The third-order valence-electron chi connectivity index (χ3n) is 2.60. The minimum atomic E-state index is -3.35. The number of carbonyl (C=O) groups is 1. The molecule has 0 bridgehead atoms. The number of anilines is 1. The van der Waals surface area contributed by atoms with Gasteiger partial charge in [0.1, 0.15) is 11.5 Å². The topological polar surface area (TPSA) is 109 Å². The molecule has 0 unspecified atom stereocenters. The monoisotopic (exact) mass is 344 g/mol. The first kappa shape index (κ1) is 16.3. The van der Waals surface area contributed by atoms with Gasteiger partial charge in [-0.05, 0) is 24.3 Å². The Bertz CT molecular complexity index is 801. The molecule has 3 N–H and O–H groups in total. The lowest BCUT2D eigenvalue weighted by Crippen LogP contribution is -2.20. The summed E-state index contributed by atoms with van der Waals surface area (Å²) in [6, 6.07) is 7.14. The van der Waals surface area contributed by atoms with E-state index < -0.39 is 15.9 Å². The maximum absolute atomic E-state index is 12.0. The standard InChI is InChI=1S/C13H13ClN2O5S/c1-22(19,20)15-7-9-3-5-12(21-9)13(18)16-10-4-2-8(14)6-11(10)17/h2-6,15,17H,7H2,1H3,(H,16,18). The van der Waals surface area contributed by atoms with E-state index in [0.29, 0.717) is 5.02 Å². The Balaban J connectivity index is 2.05. The number of hydrogen-bond acceptors (Lipinski definition) is 5. The molecule has 0 atom stereocenters. The van der Waals surface area contributed by atoms with Gasteiger partial charge < -0.3 is 14.8 Å². The molecular formula is C13H13ClN2O5S. The number of phenolic OH excluding ortho intramolecular Hbond substituents is 1. The minimum absolute atomic E-state index is 0.0142. The van der Waals surface area contributed by atoms with Gasteiger partial charge >= 0.3 is 0 Å². The van der Waals surface area contributed by atoms with Crippen LogP contribution in [-0.4, -0.2) is 25.7 Å². The highest BCUT2D eigenvalue weighted by atomic mass is 35.5. The molecule has 0 saturated heterocycles. The molecule has 1 aromatic carbocycles. The maximum atomic E-state index is 12.0. The van der Waals surface area contributed by atoms with Crippen molar-refractivity contribution in [3.05, 3.63) is 46.9 Å². The summed E-state index contributed by atoms with van der Waals surface area (Å²) in [6.45, 7) is -0.0572. The van der Waals surface area contributed by atoms with Crippen molar-refractivity contribution >= 4 is 33.2 Å². The van der Waals surface area contributed by atoms with E-state index >= 15 is 0 Å². The number of sulfonamides is 1. The zero-order valence-electron chi connectivity index (χ0n) is 11.5. The summed E-state index contributed by atoms with van der Waals surface area (Å²) >= 11 is 5.70. The second-order valence-corrected chi connectivity index (χ2v) is 6.74. The predicted octanol–water partition coefficient (Wildman–Crippen LogP) is 1.94. The first-order valence-electron chi connectivity index (χ1n) is 6.08. The number of carbonyl (C=O) groups excluding carboxylic acids is 1. The third kappa shape index (κ3) is 4.48. The summed E-state index contributed by atoms with van der Waals surface area (Å²) in [4.78, 5) is 12.0. The Morgan fingerprint density at radius 2 is 2.05 bits per heavy atom. The van der Waals surface area contributed by atoms with Crippen LogP contribution in [0.3, 0.4) is 0 Å². The van der Waals surface area contributed by atoms with Gasteiger partial charge in [-0.3, -0.25) is 4.79 Å².